The molecule has 5 heteroatoms. The summed E-state index contributed by atoms with van der Waals surface area (Å²) in [6.45, 7) is 0.768. The molecular weight excluding hydrogens is 340 g/mol. The van der Waals surface area contributed by atoms with Gasteiger partial charge in [-0.2, -0.15) is 0 Å². The second-order valence-corrected chi connectivity index (χ2v) is 8.56. The monoisotopic (exact) mass is 366 g/mol. The van der Waals surface area contributed by atoms with Gasteiger partial charge in [0.15, 0.2) is 0 Å². The van der Waals surface area contributed by atoms with Crippen molar-refractivity contribution in [2.24, 2.45) is 17.8 Å². The Bertz CT molecular complexity index is 885. The molecule has 27 heavy (non-hydrogen) atoms. The van der Waals surface area contributed by atoms with Crippen LogP contribution in [0, 0.1) is 17.8 Å². The maximum absolute atomic E-state index is 13.1. The van der Waals surface area contributed by atoms with Crippen LogP contribution in [-0.2, 0) is 0 Å². The molecule has 2 aromatic rings. The van der Waals surface area contributed by atoms with Crippen LogP contribution in [0.15, 0.2) is 39.7 Å². The van der Waals surface area contributed by atoms with Crippen LogP contribution in [0.1, 0.15) is 55.3 Å². The van der Waals surface area contributed by atoms with Crippen molar-refractivity contribution >= 4 is 5.91 Å². The summed E-state index contributed by atoms with van der Waals surface area (Å²) < 4.78 is 5.32. The molecule has 142 valence electrons. The summed E-state index contributed by atoms with van der Waals surface area (Å²) in [5.74, 6) is 3.07. The van der Waals surface area contributed by atoms with Gasteiger partial charge in [0.05, 0.1) is 12.0 Å². The van der Waals surface area contributed by atoms with E-state index >= 15 is 0 Å². The van der Waals surface area contributed by atoms with Crippen molar-refractivity contribution in [3.8, 4) is 11.5 Å². The normalized spacial score (nSPS) is 29.6. The highest BCUT2D eigenvalue weighted by molar-refractivity contribution is 5.94. The number of furan rings is 1. The van der Waals surface area contributed by atoms with Crippen molar-refractivity contribution in [1.29, 1.82) is 0 Å². The third kappa shape index (κ3) is 3.03. The first-order chi connectivity index (χ1) is 13.2. The van der Waals surface area contributed by atoms with E-state index in [9.17, 15) is 9.59 Å². The number of amides is 1. The van der Waals surface area contributed by atoms with Crippen molar-refractivity contribution in [3.63, 3.8) is 0 Å². The van der Waals surface area contributed by atoms with Crippen LogP contribution in [0.2, 0.25) is 0 Å². The van der Waals surface area contributed by atoms with Gasteiger partial charge >= 0.3 is 0 Å². The van der Waals surface area contributed by atoms with Gasteiger partial charge in [0, 0.05) is 12.6 Å². The summed E-state index contributed by atoms with van der Waals surface area (Å²) in [6, 6.07) is 7.27. The Kier molecular flexibility index (Phi) is 4.18. The fourth-order valence-corrected chi connectivity index (χ4v) is 5.74. The lowest BCUT2D eigenvalue weighted by Crippen LogP contribution is -2.39. The molecule has 2 bridgehead atoms. The van der Waals surface area contributed by atoms with E-state index in [2.05, 4.69) is 4.98 Å². The minimum atomic E-state index is -0.334. The third-order valence-corrected chi connectivity index (χ3v) is 7.02. The van der Waals surface area contributed by atoms with E-state index < -0.39 is 0 Å². The number of carbonyl (C=O) groups is 1. The first-order valence-electron chi connectivity index (χ1n) is 10.3. The average Bonchev–Trinajstić information content (AvgIpc) is 3.45. The van der Waals surface area contributed by atoms with Gasteiger partial charge in [-0.3, -0.25) is 9.59 Å². The average molecular weight is 366 g/mol. The molecule has 1 amide bonds. The number of hydrogen-bond acceptors (Lipinski definition) is 3. The Morgan fingerprint density at radius 3 is 2.81 bits per heavy atom. The summed E-state index contributed by atoms with van der Waals surface area (Å²) in [7, 11) is 0. The van der Waals surface area contributed by atoms with E-state index in [1.807, 2.05) is 4.90 Å². The van der Waals surface area contributed by atoms with E-state index in [1.165, 1.54) is 25.7 Å². The van der Waals surface area contributed by atoms with E-state index in [4.69, 9.17) is 4.42 Å². The molecule has 3 heterocycles. The van der Waals surface area contributed by atoms with Crippen LogP contribution in [-0.4, -0.2) is 28.4 Å². The van der Waals surface area contributed by atoms with Crippen molar-refractivity contribution < 1.29 is 9.21 Å². The fourth-order valence-electron chi connectivity index (χ4n) is 5.74. The van der Waals surface area contributed by atoms with Crippen molar-refractivity contribution in [1.82, 2.24) is 9.88 Å². The minimum Gasteiger partial charge on any atom is -0.463 e. The van der Waals surface area contributed by atoms with Crippen LogP contribution in [0.25, 0.3) is 11.5 Å². The second kappa shape index (κ2) is 6.70. The summed E-state index contributed by atoms with van der Waals surface area (Å²) in [4.78, 5) is 30.4. The molecule has 5 nitrogen and oxygen atoms in total. The zero-order chi connectivity index (χ0) is 18.4. The Morgan fingerprint density at radius 2 is 2.11 bits per heavy atom. The number of aromatic amines is 1. The maximum atomic E-state index is 13.1. The van der Waals surface area contributed by atoms with Crippen LogP contribution in [0.4, 0.5) is 0 Å². The first kappa shape index (κ1) is 16.8. The molecule has 2 saturated carbocycles. The molecule has 1 aliphatic heterocycles. The van der Waals surface area contributed by atoms with E-state index in [0.29, 0.717) is 17.5 Å². The molecule has 3 aliphatic rings. The highest BCUT2D eigenvalue weighted by atomic mass is 16.3. The Morgan fingerprint density at radius 1 is 1.19 bits per heavy atom. The van der Waals surface area contributed by atoms with Crippen molar-refractivity contribution in [2.45, 2.75) is 51.0 Å². The molecule has 2 aliphatic carbocycles. The SMILES string of the molecule is O=C(c1ccc(-c2ccco2)[nH]c1=O)N1CCCC1CC1CC2CCC1C2. The van der Waals surface area contributed by atoms with Gasteiger partial charge in [-0.15, -0.1) is 0 Å². The molecule has 2 aromatic heterocycles. The van der Waals surface area contributed by atoms with Crippen LogP contribution < -0.4 is 5.56 Å². The number of aromatic nitrogens is 1. The second-order valence-electron chi connectivity index (χ2n) is 8.56. The number of fused-ring (bicyclic) bond motifs is 2. The molecule has 4 unspecified atom stereocenters. The topological polar surface area (TPSA) is 66.3 Å². The summed E-state index contributed by atoms with van der Waals surface area (Å²) >= 11 is 0. The molecule has 0 aromatic carbocycles. The number of hydrogen-bond donors (Lipinski definition) is 1. The maximum Gasteiger partial charge on any atom is 0.261 e. The zero-order valence-electron chi connectivity index (χ0n) is 15.5. The van der Waals surface area contributed by atoms with Gasteiger partial charge in [-0.1, -0.05) is 6.42 Å². The predicted molar refractivity (Wildman–Crippen MR) is 102 cm³/mol. The van der Waals surface area contributed by atoms with E-state index in [0.717, 1.165) is 43.6 Å². The molecule has 1 saturated heterocycles. The molecule has 0 spiro atoms. The highest BCUT2D eigenvalue weighted by Gasteiger charge is 2.42. The van der Waals surface area contributed by atoms with Crippen LogP contribution in [0.3, 0.4) is 0 Å². The van der Waals surface area contributed by atoms with Gasteiger partial charge in [0.2, 0.25) is 0 Å². The molecule has 3 fully saturated rings. The summed E-state index contributed by atoms with van der Waals surface area (Å²) in [6.07, 6.45) is 10.3. The largest absolute Gasteiger partial charge is 0.463 e. The lowest BCUT2D eigenvalue weighted by molar-refractivity contribution is 0.0706. The molecule has 0 radical (unpaired) electrons. The van der Waals surface area contributed by atoms with Gasteiger partial charge in [-0.05, 0) is 80.5 Å². The van der Waals surface area contributed by atoms with Gasteiger partial charge in [-0.25, -0.2) is 0 Å². The van der Waals surface area contributed by atoms with Gasteiger partial charge in [0.1, 0.15) is 11.3 Å². The number of likely N-dealkylation sites (tertiary alicyclic amines) is 1. The van der Waals surface area contributed by atoms with Crippen LogP contribution >= 0.6 is 0 Å². The van der Waals surface area contributed by atoms with Crippen LogP contribution in [0.5, 0.6) is 0 Å². The van der Waals surface area contributed by atoms with Gasteiger partial charge < -0.3 is 14.3 Å². The summed E-state index contributed by atoms with van der Waals surface area (Å²) in [5.41, 5.74) is 0.506. The third-order valence-electron chi connectivity index (χ3n) is 7.02. The Hall–Kier alpha value is -2.30. The molecular formula is C22H26N2O3. The number of rotatable bonds is 4. The predicted octanol–water partition coefficient (Wildman–Crippen LogP) is 4.07. The zero-order valence-corrected chi connectivity index (χ0v) is 15.5. The number of carbonyl (C=O) groups excluding carboxylic acids is 1. The molecule has 5 rings (SSSR count). The Labute approximate surface area is 158 Å². The minimum absolute atomic E-state index is 0.118. The molecule has 1 N–H and O–H groups in total. The lowest BCUT2D eigenvalue weighted by atomic mass is 9.83. The van der Waals surface area contributed by atoms with E-state index in [-0.39, 0.29) is 17.0 Å². The Balaban J connectivity index is 1.33. The number of nitrogens with one attached hydrogen (secondary N) is 1. The number of pyridine rings is 1. The first-order valence-corrected chi connectivity index (χ1v) is 10.3. The number of H-pyrrole nitrogens is 1. The number of nitrogens with zero attached hydrogens (tertiary/aromatic N) is 1. The summed E-state index contributed by atoms with van der Waals surface area (Å²) in [5, 5.41) is 0. The van der Waals surface area contributed by atoms with Gasteiger partial charge in [0.25, 0.3) is 11.5 Å². The quantitative estimate of drug-likeness (QED) is 0.887. The highest BCUT2D eigenvalue weighted by Crippen LogP contribution is 2.50. The van der Waals surface area contributed by atoms with Crippen molar-refractivity contribution in [2.75, 3.05) is 6.54 Å². The lowest BCUT2D eigenvalue weighted by Gasteiger charge is -2.30. The fraction of sp³-hybridized carbons (Fsp3) is 0.545. The molecule has 4 atom stereocenters. The standard InChI is InChI=1S/C22H26N2O3/c25-21-18(7-8-19(23-21)20-4-2-10-27-20)22(26)24-9-1-3-17(24)13-16-12-14-5-6-15(16)11-14/h2,4,7-8,10,14-17H,1,3,5-6,9,11-13H2,(H,23,25). The smallest absolute Gasteiger partial charge is 0.261 e. The van der Waals surface area contributed by atoms with E-state index in [1.54, 1.807) is 30.5 Å². The van der Waals surface area contributed by atoms with Crippen molar-refractivity contribution in [3.05, 3.63) is 46.4 Å².